The summed E-state index contributed by atoms with van der Waals surface area (Å²) in [5, 5.41) is 3.40. The summed E-state index contributed by atoms with van der Waals surface area (Å²) in [6, 6.07) is 6.17. The van der Waals surface area contributed by atoms with E-state index >= 15 is 0 Å². The highest BCUT2D eigenvalue weighted by atomic mass is 32.2. The van der Waals surface area contributed by atoms with Gasteiger partial charge in [-0.15, -0.1) is 11.8 Å². The average Bonchev–Trinajstić information content (AvgIpc) is 2.73. The van der Waals surface area contributed by atoms with Gasteiger partial charge in [-0.3, -0.25) is 0 Å². The van der Waals surface area contributed by atoms with Crippen molar-refractivity contribution in [1.29, 1.82) is 0 Å². The highest BCUT2D eigenvalue weighted by Gasteiger charge is 2.14. The van der Waals surface area contributed by atoms with Crippen molar-refractivity contribution in [3.63, 3.8) is 0 Å². The van der Waals surface area contributed by atoms with Gasteiger partial charge >= 0.3 is 0 Å². The van der Waals surface area contributed by atoms with Crippen LogP contribution >= 0.6 is 11.8 Å². The number of hydrogen-bond acceptors (Lipinski definition) is 3. The van der Waals surface area contributed by atoms with Gasteiger partial charge in [0.15, 0.2) is 0 Å². The van der Waals surface area contributed by atoms with Crippen LogP contribution in [0.3, 0.4) is 0 Å². The van der Waals surface area contributed by atoms with Crippen molar-refractivity contribution >= 4 is 17.4 Å². The summed E-state index contributed by atoms with van der Waals surface area (Å²) < 4.78 is 0. The fourth-order valence-electron chi connectivity index (χ4n) is 1.85. The van der Waals surface area contributed by atoms with Crippen LogP contribution in [-0.2, 0) is 0 Å². The van der Waals surface area contributed by atoms with Gasteiger partial charge in [-0.2, -0.15) is 0 Å². The highest BCUT2D eigenvalue weighted by Crippen LogP contribution is 2.28. The van der Waals surface area contributed by atoms with Crippen LogP contribution in [0.5, 0.6) is 0 Å². The van der Waals surface area contributed by atoms with Crippen LogP contribution in [-0.4, -0.2) is 18.8 Å². The Morgan fingerprint density at radius 2 is 2.40 bits per heavy atom. The predicted octanol–water partition coefficient (Wildman–Crippen LogP) is 2.28. The van der Waals surface area contributed by atoms with Crippen LogP contribution in [0.2, 0.25) is 0 Å². The van der Waals surface area contributed by atoms with E-state index in [2.05, 4.69) is 18.3 Å². The number of benzene rings is 1. The Hall–Kier alpha value is -0.670. The molecule has 1 unspecified atom stereocenters. The van der Waals surface area contributed by atoms with E-state index in [0.717, 1.165) is 11.6 Å². The number of thioether (sulfide) groups is 1. The molecule has 1 heterocycles. The van der Waals surface area contributed by atoms with E-state index in [-0.39, 0.29) is 0 Å². The molecule has 1 atom stereocenters. The Labute approximate surface area is 95.6 Å². The molecule has 1 fully saturated rings. The third-order valence-corrected chi connectivity index (χ3v) is 4.35. The van der Waals surface area contributed by atoms with Crippen LogP contribution in [0.15, 0.2) is 23.1 Å². The number of anilines is 1. The van der Waals surface area contributed by atoms with E-state index in [1.165, 1.54) is 35.7 Å². The quantitative estimate of drug-likeness (QED) is 0.608. The lowest BCUT2D eigenvalue weighted by molar-refractivity contribution is 0.662. The van der Waals surface area contributed by atoms with Gasteiger partial charge in [0, 0.05) is 16.3 Å². The maximum atomic E-state index is 5.88. The molecular formula is C12H18N2S. The van der Waals surface area contributed by atoms with Gasteiger partial charge in [0.05, 0.1) is 0 Å². The average molecular weight is 222 g/mol. The first-order chi connectivity index (χ1) is 7.27. The highest BCUT2D eigenvalue weighted by molar-refractivity contribution is 7.99. The van der Waals surface area contributed by atoms with Crippen LogP contribution in [0, 0.1) is 12.8 Å². The fourth-order valence-corrected chi connectivity index (χ4v) is 3.06. The zero-order chi connectivity index (χ0) is 10.7. The molecule has 1 saturated heterocycles. The van der Waals surface area contributed by atoms with Crippen molar-refractivity contribution in [2.24, 2.45) is 5.92 Å². The van der Waals surface area contributed by atoms with E-state index in [1.807, 2.05) is 23.9 Å². The second kappa shape index (κ2) is 4.90. The lowest BCUT2D eigenvalue weighted by atomic mass is 10.2. The number of nitrogens with two attached hydrogens (primary N) is 1. The normalized spacial score (nSPS) is 20.7. The number of nitrogen functional groups attached to an aromatic ring is 1. The van der Waals surface area contributed by atoms with Gasteiger partial charge < -0.3 is 11.1 Å². The van der Waals surface area contributed by atoms with Crippen molar-refractivity contribution in [3.05, 3.63) is 23.8 Å². The molecule has 1 aromatic carbocycles. The Bertz CT molecular complexity index is 332. The second-order valence-corrected chi connectivity index (χ2v) is 5.20. The van der Waals surface area contributed by atoms with Gasteiger partial charge in [0.2, 0.25) is 0 Å². The monoisotopic (exact) mass is 222 g/mol. The van der Waals surface area contributed by atoms with Crippen molar-refractivity contribution < 1.29 is 0 Å². The van der Waals surface area contributed by atoms with E-state index < -0.39 is 0 Å². The molecule has 0 bridgehead atoms. The SMILES string of the molecule is Cc1c(N)cccc1SCC1CCNC1. The maximum Gasteiger partial charge on any atom is 0.0354 e. The molecule has 0 radical (unpaired) electrons. The smallest absolute Gasteiger partial charge is 0.0354 e. The Morgan fingerprint density at radius 3 is 3.13 bits per heavy atom. The van der Waals surface area contributed by atoms with E-state index in [4.69, 9.17) is 5.73 Å². The van der Waals surface area contributed by atoms with Gasteiger partial charge in [-0.25, -0.2) is 0 Å². The topological polar surface area (TPSA) is 38.0 Å². The number of nitrogens with one attached hydrogen (secondary N) is 1. The predicted molar refractivity (Wildman–Crippen MR) is 67.3 cm³/mol. The summed E-state index contributed by atoms with van der Waals surface area (Å²) in [4.78, 5) is 1.34. The molecule has 82 valence electrons. The summed E-state index contributed by atoms with van der Waals surface area (Å²) >= 11 is 1.94. The van der Waals surface area contributed by atoms with Gasteiger partial charge in [-0.1, -0.05) is 6.07 Å². The lowest BCUT2D eigenvalue weighted by Gasteiger charge is -2.10. The minimum atomic E-state index is 0.829. The van der Waals surface area contributed by atoms with Gasteiger partial charge in [0.1, 0.15) is 0 Å². The van der Waals surface area contributed by atoms with Crippen LogP contribution in [0.1, 0.15) is 12.0 Å². The maximum absolute atomic E-state index is 5.88. The molecule has 1 aliphatic rings. The molecule has 1 aliphatic heterocycles. The first-order valence-electron chi connectivity index (χ1n) is 5.46. The summed E-state index contributed by atoms with van der Waals surface area (Å²) in [7, 11) is 0. The van der Waals surface area contributed by atoms with Crippen LogP contribution in [0.4, 0.5) is 5.69 Å². The standard InChI is InChI=1S/C12H18N2S/c1-9-11(13)3-2-4-12(9)15-8-10-5-6-14-7-10/h2-4,10,14H,5-8,13H2,1H3. The Balaban J connectivity index is 1.95. The summed E-state index contributed by atoms with van der Waals surface area (Å²) in [6.45, 7) is 4.46. The van der Waals surface area contributed by atoms with E-state index in [0.29, 0.717) is 0 Å². The first-order valence-corrected chi connectivity index (χ1v) is 6.44. The number of hydrogen-bond donors (Lipinski definition) is 2. The van der Waals surface area contributed by atoms with E-state index in [9.17, 15) is 0 Å². The molecule has 0 aromatic heterocycles. The van der Waals surface area contributed by atoms with Crippen LogP contribution in [0.25, 0.3) is 0 Å². The molecule has 0 amide bonds. The molecule has 2 rings (SSSR count). The minimum absolute atomic E-state index is 0.829. The molecule has 3 N–H and O–H groups in total. The molecule has 0 saturated carbocycles. The molecule has 15 heavy (non-hydrogen) atoms. The summed E-state index contributed by atoms with van der Waals surface area (Å²) in [5.41, 5.74) is 8.02. The minimum Gasteiger partial charge on any atom is -0.398 e. The molecule has 2 nitrogen and oxygen atoms in total. The molecule has 0 aliphatic carbocycles. The molecular weight excluding hydrogens is 204 g/mol. The fraction of sp³-hybridized carbons (Fsp3) is 0.500. The third-order valence-electron chi connectivity index (χ3n) is 2.96. The molecule has 1 aromatic rings. The van der Waals surface area contributed by atoms with Gasteiger partial charge in [-0.05, 0) is 50.0 Å². The summed E-state index contributed by atoms with van der Waals surface area (Å²) in [6.07, 6.45) is 1.31. The molecule has 3 heteroatoms. The van der Waals surface area contributed by atoms with Crippen molar-refractivity contribution in [2.75, 3.05) is 24.6 Å². The Morgan fingerprint density at radius 1 is 1.53 bits per heavy atom. The van der Waals surface area contributed by atoms with Crippen molar-refractivity contribution in [2.45, 2.75) is 18.2 Å². The number of rotatable bonds is 3. The molecule has 0 spiro atoms. The second-order valence-electron chi connectivity index (χ2n) is 4.14. The third kappa shape index (κ3) is 2.67. The van der Waals surface area contributed by atoms with Gasteiger partial charge in [0.25, 0.3) is 0 Å². The van der Waals surface area contributed by atoms with Crippen LogP contribution < -0.4 is 11.1 Å². The summed E-state index contributed by atoms with van der Waals surface area (Å²) in [5.74, 6) is 2.04. The van der Waals surface area contributed by atoms with Crippen molar-refractivity contribution in [1.82, 2.24) is 5.32 Å². The first kappa shape index (κ1) is 10.8. The van der Waals surface area contributed by atoms with E-state index in [1.54, 1.807) is 0 Å². The van der Waals surface area contributed by atoms with Crippen molar-refractivity contribution in [3.8, 4) is 0 Å². The zero-order valence-electron chi connectivity index (χ0n) is 9.12. The zero-order valence-corrected chi connectivity index (χ0v) is 9.94. The lowest BCUT2D eigenvalue weighted by Crippen LogP contribution is -2.10. The largest absolute Gasteiger partial charge is 0.398 e. The Kier molecular flexibility index (Phi) is 3.54.